The second-order valence-corrected chi connectivity index (χ2v) is 12.2. The fourth-order valence-corrected chi connectivity index (χ4v) is 9.43. The van der Waals surface area contributed by atoms with Crippen LogP contribution in [0.5, 0.6) is 0 Å². The fourth-order valence-electron chi connectivity index (χ4n) is 3.93. The zero-order valence-corrected chi connectivity index (χ0v) is 17.6. The summed E-state index contributed by atoms with van der Waals surface area (Å²) >= 11 is -0.503. The monoisotopic (exact) mass is 363 g/mol. The van der Waals surface area contributed by atoms with E-state index in [0.29, 0.717) is 7.27 Å². The van der Waals surface area contributed by atoms with E-state index in [4.69, 9.17) is 0 Å². The van der Waals surface area contributed by atoms with Crippen LogP contribution in [0.15, 0.2) is 44.6 Å². The Balaban J connectivity index is 2.54. The van der Waals surface area contributed by atoms with Crippen molar-refractivity contribution in [3.8, 4) is 0 Å². The van der Waals surface area contributed by atoms with Crippen LogP contribution >= 0.6 is 0 Å². The molecule has 0 amide bonds. The molecule has 0 bridgehead atoms. The molecule has 2 aliphatic carbocycles. The van der Waals surface area contributed by atoms with E-state index in [2.05, 4.69) is 69.2 Å². The topological polar surface area (TPSA) is 0 Å². The van der Waals surface area contributed by atoms with Gasteiger partial charge in [0.15, 0.2) is 0 Å². The average Bonchev–Trinajstić information content (AvgIpc) is 2.67. The predicted molar refractivity (Wildman–Crippen MR) is 90.2 cm³/mol. The Bertz CT molecular complexity index is 531. The first kappa shape index (κ1) is 17.1. The predicted octanol–water partition coefficient (Wildman–Crippen LogP) is 6.80. The Labute approximate surface area is 140 Å². The fraction of sp³-hybridized carbons (Fsp3) is 0.600. The standard InChI is InChI=1S/2C10H15.Nb/c2*1-6-7(2)9(4)10(5)8(6)3;/h2*1-5H3;. The van der Waals surface area contributed by atoms with Crippen LogP contribution in [0.25, 0.3) is 0 Å². The zero-order chi connectivity index (χ0) is 16.3. The molecule has 0 N–H and O–H groups in total. The van der Waals surface area contributed by atoms with Crippen molar-refractivity contribution in [1.29, 1.82) is 0 Å². The van der Waals surface area contributed by atoms with E-state index < -0.39 is 19.8 Å². The van der Waals surface area contributed by atoms with Gasteiger partial charge in [0.25, 0.3) is 0 Å². The van der Waals surface area contributed by atoms with E-state index in [1.165, 1.54) is 0 Å². The minimum absolute atomic E-state index is 0.355. The Morgan fingerprint density at radius 2 is 0.667 bits per heavy atom. The molecule has 0 aromatic carbocycles. The maximum atomic E-state index is 2.52. The van der Waals surface area contributed by atoms with Crippen LogP contribution < -0.4 is 0 Å². The summed E-state index contributed by atoms with van der Waals surface area (Å²) in [6.07, 6.45) is 0. The van der Waals surface area contributed by atoms with Crippen molar-refractivity contribution in [3.05, 3.63) is 44.6 Å². The van der Waals surface area contributed by atoms with Crippen molar-refractivity contribution in [3.63, 3.8) is 0 Å². The first-order valence-electron chi connectivity index (χ1n) is 7.95. The Hall–Kier alpha value is -0.300. The van der Waals surface area contributed by atoms with Gasteiger partial charge in [0.2, 0.25) is 0 Å². The maximum absolute atomic E-state index is 2.52. The molecule has 21 heavy (non-hydrogen) atoms. The molecule has 2 aliphatic rings. The summed E-state index contributed by atoms with van der Waals surface area (Å²) in [6.45, 7) is 23.8. The summed E-state index contributed by atoms with van der Waals surface area (Å²) < 4.78 is 0.709. The first-order valence-corrected chi connectivity index (χ1v) is 10.1. The van der Waals surface area contributed by atoms with E-state index in [1.54, 1.807) is 44.6 Å². The van der Waals surface area contributed by atoms with Crippen LogP contribution in [0.1, 0.15) is 69.2 Å². The molecule has 0 saturated carbocycles. The molecule has 0 aromatic rings. The van der Waals surface area contributed by atoms with Crippen LogP contribution in [0.2, 0.25) is 7.27 Å². The number of hydrogen-bond donors (Lipinski definition) is 0. The third-order valence-corrected chi connectivity index (χ3v) is 12.2. The summed E-state index contributed by atoms with van der Waals surface area (Å²) in [6, 6.07) is 0. The molecule has 0 aromatic heterocycles. The summed E-state index contributed by atoms with van der Waals surface area (Å²) in [7, 11) is 0. The van der Waals surface area contributed by atoms with Gasteiger partial charge in [-0.1, -0.05) is 0 Å². The van der Waals surface area contributed by atoms with Gasteiger partial charge in [-0.25, -0.2) is 0 Å². The molecular formula is C20H30Nb. The minimum atomic E-state index is -0.503. The molecule has 0 spiro atoms. The third-order valence-electron chi connectivity index (χ3n) is 6.74. The molecule has 0 radical (unpaired) electrons. The molecule has 0 unspecified atom stereocenters. The molecule has 0 aliphatic heterocycles. The van der Waals surface area contributed by atoms with E-state index in [1.807, 2.05) is 0 Å². The van der Waals surface area contributed by atoms with E-state index in [0.717, 1.165) is 0 Å². The van der Waals surface area contributed by atoms with E-state index in [-0.39, 0.29) is 0 Å². The van der Waals surface area contributed by atoms with Crippen LogP contribution in [0, 0.1) is 0 Å². The van der Waals surface area contributed by atoms with Crippen LogP contribution in [0.4, 0.5) is 0 Å². The van der Waals surface area contributed by atoms with Gasteiger partial charge in [0.05, 0.1) is 0 Å². The van der Waals surface area contributed by atoms with Gasteiger partial charge in [-0.15, -0.1) is 0 Å². The number of rotatable bonds is 2. The van der Waals surface area contributed by atoms with E-state index in [9.17, 15) is 0 Å². The summed E-state index contributed by atoms with van der Waals surface area (Å²) in [5.74, 6) is 0. The molecular weight excluding hydrogens is 333 g/mol. The van der Waals surface area contributed by atoms with Crippen LogP contribution in [-0.4, -0.2) is 0 Å². The van der Waals surface area contributed by atoms with Crippen LogP contribution in [0.3, 0.4) is 0 Å². The summed E-state index contributed by atoms with van der Waals surface area (Å²) in [4.78, 5) is 0. The third kappa shape index (κ3) is 2.14. The number of allylic oxidation sites excluding steroid dienone is 8. The second-order valence-electron chi connectivity index (χ2n) is 7.26. The summed E-state index contributed by atoms with van der Waals surface area (Å²) in [5.41, 5.74) is 12.7. The molecule has 2 rings (SSSR count). The zero-order valence-electron chi connectivity index (χ0n) is 15.4. The Morgan fingerprint density at radius 1 is 0.476 bits per heavy atom. The molecule has 115 valence electrons. The summed E-state index contributed by atoms with van der Waals surface area (Å²) in [5, 5.41) is 0. The first-order chi connectivity index (χ1) is 9.48. The Kier molecular flexibility index (Phi) is 4.16. The van der Waals surface area contributed by atoms with Crippen molar-refractivity contribution in [2.45, 2.75) is 76.5 Å². The van der Waals surface area contributed by atoms with Gasteiger partial charge in [0.1, 0.15) is 0 Å². The van der Waals surface area contributed by atoms with Gasteiger partial charge in [-0.3, -0.25) is 0 Å². The second kappa shape index (κ2) is 5.11. The average molecular weight is 363 g/mol. The Morgan fingerprint density at radius 3 is 0.857 bits per heavy atom. The van der Waals surface area contributed by atoms with Gasteiger partial charge >= 0.3 is 141 Å². The normalized spacial score (nSPS) is 24.7. The number of hydrogen-bond acceptors (Lipinski definition) is 0. The van der Waals surface area contributed by atoms with Crippen molar-refractivity contribution < 1.29 is 19.8 Å². The van der Waals surface area contributed by atoms with Gasteiger partial charge in [-0.2, -0.15) is 0 Å². The van der Waals surface area contributed by atoms with Gasteiger partial charge in [0, 0.05) is 0 Å². The molecule has 0 fully saturated rings. The molecule has 0 heterocycles. The molecule has 0 saturated heterocycles. The van der Waals surface area contributed by atoms with E-state index >= 15 is 0 Å². The molecule has 1 heteroatoms. The van der Waals surface area contributed by atoms with Crippen LogP contribution in [-0.2, 0) is 19.8 Å². The van der Waals surface area contributed by atoms with Crippen molar-refractivity contribution >= 4 is 0 Å². The van der Waals surface area contributed by atoms with Crippen molar-refractivity contribution in [1.82, 2.24) is 0 Å². The van der Waals surface area contributed by atoms with Gasteiger partial charge in [-0.05, 0) is 0 Å². The molecule has 0 atom stereocenters. The van der Waals surface area contributed by atoms with Crippen molar-refractivity contribution in [2.75, 3.05) is 0 Å². The molecule has 0 nitrogen and oxygen atoms in total. The van der Waals surface area contributed by atoms with Gasteiger partial charge < -0.3 is 0 Å². The SMILES string of the molecule is CC1=C(C)[C](C)([Nb][C]2(C)C(C)=C(C)C(C)=C2C)C(C)=C1C. The quantitative estimate of drug-likeness (QED) is 0.473. The van der Waals surface area contributed by atoms with Crippen molar-refractivity contribution in [2.24, 2.45) is 0 Å².